The van der Waals surface area contributed by atoms with Gasteiger partial charge in [0.05, 0.1) is 11.1 Å². The number of aryl methyl sites for hydroxylation is 2. The van der Waals surface area contributed by atoms with Crippen LogP contribution in [0.3, 0.4) is 0 Å². The number of thiophene rings is 1. The van der Waals surface area contributed by atoms with E-state index in [1.54, 1.807) is 29.5 Å². The van der Waals surface area contributed by atoms with Gasteiger partial charge in [0.15, 0.2) is 0 Å². The molecule has 4 rings (SSSR count). The number of aromatic hydroxyl groups is 1. The van der Waals surface area contributed by atoms with Crippen LogP contribution in [0.5, 0.6) is 5.75 Å². The summed E-state index contributed by atoms with van der Waals surface area (Å²) in [5, 5.41) is 16.9. The molecule has 4 aromatic rings. The van der Waals surface area contributed by atoms with Crippen molar-refractivity contribution in [3.05, 3.63) is 64.3 Å². The molecule has 2 heterocycles. The van der Waals surface area contributed by atoms with E-state index in [1.807, 2.05) is 0 Å². The fraction of sp³-hybridized carbons (Fsp3) is 0.100. The Kier molecular flexibility index (Phi) is 4.26. The lowest BCUT2D eigenvalue weighted by Gasteiger charge is -2.11. The van der Waals surface area contributed by atoms with Crippen LogP contribution < -0.4 is 5.32 Å². The molecule has 0 aliphatic heterocycles. The summed E-state index contributed by atoms with van der Waals surface area (Å²) >= 11 is 7.64. The van der Waals surface area contributed by atoms with Crippen molar-refractivity contribution in [1.82, 2.24) is 9.97 Å². The highest BCUT2D eigenvalue weighted by atomic mass is 35.5. The molecule has 6 heteroatoms. The normalized spacial score (nSPS) is 11.0. The van der Waals surface area contributed by atoms with Gasteiger partial charge in [0.25, 0.3) is 0 Å². The molecule has 26 heavy (non-hydrogen) atoms. The Hall–Kier alpha value is -2.63. The molecule has 2 N–H and O–H groups in total. The van der Waals surface area contributed by atoms with E-state index in [9.17, 15) is 5.11 Å². The minimum absolute atomic E-state index is 0.115. The van der Waals surface area contributed by atoms with Crippen LogP contribution in [0.1, 0.15) is 11.1 Å². The van der Waals surface area contributed by atoms with Crippen LogP contribution in [0.4, 0.5) is 11.5 Å². The number of fused-ring (bicyclic) bond motifs is 1. The third-order valence-electron chi connectivity index (χ3n) is 4.25. The molecule has 0 fully saturated rings. The van der Waals surface area contributed by atoms with E-state index < -0.39 is 0 Å². The highest BCUT2D eigenvalue weighted by molar-refractivity contribution is 7.17. The van der Waals surface area contributed by atoms with Gasteiger partial charge in [-0.05, 0) is 43.2 Å². The SMILES string of the molecule is Cc1ccc(-c2csc3ncnc(Nc4cc(Cl)ccc4O)c23)c(C)c1. The lowest BCUT2D eigenvalue weighted by atomic mass is 9.99. The van der Waals surface area contributed by atoms with Crippen LogP contribution in [0, 0.1) is 13.8 Å². The number of phenolic OH excluding ortho intramolecular Hbond substituents is 1. The van der Waals surface area contributed by atoms with Crippen molar-refractivity contribution in [2.24, 2.45) is 0 Å². The van der Waals surface area contributed by atoms with E-state index in [1.165, 1.54) is 17.5 Å². The zero-order chi connectivity index (χ0) is 18.3. The molecule has 0 unspecified atom stereocenters. The topological polar surface area (TPSA) is 58.0 Å². The fourth-order valence-electron chi connectivity index (χ4n) is 3.02. The van der Waals surface area contributed by atoms with Gasteiger partial charge in [0, 0.05) is 16.0 Å². The molecule has 0 radical (unpaired) electrons. The molecule has 2 aromatic heterocycles. The Morgan fingerprint density at radius 2 is 1.88 bits per heavy atom. The highest BCUT2D eigenvalue weighted by Gasteiger charge is 2.15. The maximum Gasteiger partial charge on any atom is 0.143 e. The van der Waals surface area contributed by atoms with Crippen LogP contribution in [0.25, 0.3) is 21.3 Å². The summed E-state index contributed by atoms with van der Waals surface area (Å²) in [6.45, 7) is 4.19. The van der Waals surface area contributed by atoms with Gasteiger partial charge >= 0.3 is 0 Å². The van der Waals surface area contributed by atoms with E-state index in [0.717, 1.165) is 21.3 Å². The Morgan fingerprint density at radius 1 is 1.04 bits per heavy atom. The van der Waals surface area contributed by atoms with Crippen molar-refractivity contribution in [3.8, 4) is 16.9 Å². The quantitative estimate of drug-likeness (QED) is 0.422. The van der Waals surface area contributed by atoms with Crippen LogP contribution >= 0.6 is 22.9 Å². The van der Waals surface area contributed by atoms with Gasteiger partial charge in [-0.3, -0.25) is 0 Å². The third-order valence-corrected chi connectivity index (χ3v) is 5.38. The van der Waals surface area contributed by atoms with E-state index >= 15 is 0 Å². The van der Waals surface area contributed by atoms with Gasteiger partial charge < -0.3 is 10.4 Å². The molecule has 0 aliphatic rings. The van der Waals surface area contributed by atoms with Crippen molar-refractivity contribution in [1.29, 1.82) is 0 Å². The standard InChI is InChI=1S/C20H16ClN3OS/c1-11-3-5-14(12(2)7-11)15-9-26-20-18(15)19(22-10-23-20)24-16-8-13(21)4-6-17(16)25/h3-10,25H,1-2H3,(H,22,23,24). The Labute approximate surface area is 160 Å². The second-order valence-corrected chi connectivity index (χ2v) is 7.45. The summed E-state index contributed by atoms with van der Waals surface area (Å²) in [6, 6.07) is 11.3. The minimum Gasteiger partial charge on any atom is -0.506 e. The number of hydrogen-bond donors (Lipinski definition) is 2. The molecule has 0 saturated heterocycles. The molecule has 4 nitrogen and oxygen atoms in total. The number of nitrogens with one attached hydrogen (secondary N) is 1. The van der Waals surface area contributed by atoms with Gasteiger partial charge in [-0.1, -0.05) is 35.4 Å². The summed E-state index contributed by atoms with van der Waals surface area (Å²) in [6.07, 6.45) is 1.52. The second kappa shape index (κ2) is 6.59. The summed E-state index contributed by atoms with van der Waals surface area (Å²) in [5.41, 5.74) is 5.16. The predicted octanol–water partition coefficient (Wildman–Crippen LogP) is 6.08. The van der Waals surface area contributed by atoms with Crippen LogP contribution in [-0.2, 0) is 0 Å². The van der Waals surface area contributed by atoms with E-state index in [-0.39, 0.29) is 5.75 Å². The van der Waals surface area contributed by atoms with Gasteiger partial charge in [0.2, 0.25) is 0 Å². The number of phenols is 1. The van der Waals surface area contributed by atoms with E-state index in [4.69, 9.17) is 11.6 Å². The number of anilines is 2. The van der Waals surface area contributed by atoms with E-state index in [2.05, 4.69) is 52.7 Å². The molecule has 0 saturated carbocycles. The van der Waals surface area contributed by atoms with Gasteiger partial charge in [-0.2, -0.15) is 0 Å². The number of nitrogens with zero attached hydrogens (tertiary/aromatic N) is 2. The first-order valence-electron chi connectivity index (χ1n) is 8.08. The first kappa shape index (κ1) is 16.8. The summed E-state index contributed by atoms with van der Waals surface area (Å²) in [4.78, 5) is 9.69. The molecule has 0 amide bonds. The van der Waals surface area contributed by atoms with Crippen LogP contribution in [-0.4, -0.2) is 15.1 Å². The minimum atomic E-state index is 0.115. The van der Waals surface area contributed by atoms with Crippen LogP contribution in [0.2, 0.25) is 5.02 Å². The molecular weight excluding hydrogens is 366 g/mol. The molecular formula is C20H16ClN3OS. The van der Waals surface area contributed by atoms with E-state index in [0.29, 0.717) is 16.5 Å². The summed E-state index contributed by atoms with van der Waals surface area (Å²) < 4.78 is 0. The first-order chi connectivity index (χ1) is 12.5. The van der Waals surface area contributed by atoms with Crippen molar-refractivity contribution in [2.75, 3.05) is 5.32 Å². The largest absolute Gasteiger partial charge is 0.506 e. The number of hydrogen-bond acceptors (Lipinski definition) is 5. The molecule has 2 aromatic carbocycles. The molecule has 0 spiro atoms. The van der Waals surface area contributed by atoms with Gasteiger partial charge in [-0.15, -0.1) is 11.3 Å². The molecule has 130 valence electrons. The zero-order valence-corrected chi connectivity index (χ0v) is 15.8. The number of benzene rings is 2. The zero-order valence-electron chi connectivity index (χ0n) is 14.2. The smallest absolute Gasteiger partial charge is 0.143 e. The van der Waals surface area contributed by atoms with Crippen molar-refractivity contribution in [2.45, 2.75) is 13.8 Å². The first-order valence-corrected chi connectivity index (χ1v) is 9.34. The van der Waals surface area contributed by atoms with Crippen molar-refractivity contribution < 1.29 is 5.11 Å². The third kappa shape index (κ3) is 3.00. The predicted molar refractivity (Wildman–Crippen MR) is 109 cm³/mol. The lowest BCUT2D eigenvalue weighted by molar-refractivity contribution is 0.478. The average Bonchev–Trinajstić information content (AvgIpc) is 3.03. The Morgan fingerprint density at radius 3 is 2.69 bits per heavy atom. The number of rotatable bonds is 3. The maximum absolute atomic E-state index is 10.1. The summed E-state index contributed by atoms with van der Waals surface area (Å²) in [7, 11) is 0. The maximum atomic E-state index is 10.1. The van der Waals surface area contributed by atoms with Gasteiger partial charge in [0.1, 0.15) is 22.7 Å². The van der Waals surface area contributed by atoms with Crippen molar-refractivity contribution in [3.63, 3.8) is 0 Å². The second-order valence-electron chi connectivity index (χ2n) is 6.16. The molecule has 0 aliphatic carbocycles. The monoisotopic (exact) mass is 381 g/mol. The number of halogens is 1. The lowest BCUT2D eigenvalue weighted by Crippen LogP contribution is -1.96. The van der Waals surface area contributed by atoms with Gasteiger partial charge in [-0.25, -0.2) is 9.97 Å². The number of aromatic nitrogens is 2. The highest BCUT2D eigenvalue weighted by Crippen LogP contribution is 2.40. The van der Waals surface area contributed by atoms with Crippen LogP contribution in [0.15, 0.2) is 48.1 Å². The fourth-order valence-corrected chi connectivity index (χ4v) is 4.10. The van der Waals surface area contributed by atoms with Crippen molar-refractivity contribution >= 4 is 44.7 Å². The summed E-state index contributed by atoms with van der Waals surface area (Å²) in [5.74, 6) is 0.758. The average molecular weight is 382 g/mol. The molecule has 0 atom stereocenters. The molecule has 0 bridgehead atoms. The Bertz CT molecular complexity index is 1120. The Balaban J connectivity index is 1.88.